The highest BCUT2D eigenvalue weighted by atomic mass is 16.3. The van der Waals surface area contributed by atoms with Gasteiger partial charge in [-0.15, -0.1) is 0 Å². The summed E-state index contributed by atoms with van der Waals surface area (Å²) in [5.41, 5.74) is -0.183. The molecule has 2 heterocycles. The topological polar surface area (TPSA) is 36.6 Å². The van der Waals surface area contributed by atoms with Crippen LogP contribution in [0.1, 0.15) is 45.3 Å². The molecule has 1 fully saturated rings. The molecule has 0 spiro atoms. The van der Waals surface area contributed by atoms with E-state index in [-0.39, 0.29) is 11.6 Å². The van der Waals surface area contributed by atoms with Crippen molar-refractivity contribution < 1.29 is 9.52 Å². The summed E-state index contributed by atoms with van der Waals surface area (Å²) >= 11 is 0. The maximum atomic E-state index is 10.5. The molecule has 0 radical (unpaired) electrons. The molecule has 3 nitrogen and oxygen atoms in total. The lowest BCUT2D eigenvalue weighted by Gasteiger charge is -2.41. The van der Waals surface area contributed by atoms with Crippen molar-refractivity contribution in [3.63, 3.8) is 0 Å². The molecule has 0 saturated carbocycles. The zero-order chi connectivity index (χ0) is 13.0. The molecule has 1 aliphatic rings. The minimum absolute atomic E-state index is 0.183. The van der Waals surface area contributed by atoms with E-state index in [0.29, 0.717) is 6.42 Å². The molecule has 1 unspecified atom stereocenters. The second-order valence-corrected chi connectivity index (χ2v) is 5.85. The third kappa shape index (κ3) is 3.15. The van der Waals surface area contributed by atoms with Crippen LogP contribution in [0.2, 0.25) is 0 Å². The molecule has 1 saturated heterocycles. The number of rotatable bonds is 4. The summed E-state index contributed by atoms with van der Waals surface area (Å²) in [4.78, 5) is 2.44. The largest absolute Gasteiger partial charge is 0.469 e. The first-order chi connectivity index (χ1) is 8.60. The second kappa shape index (κ2) is 5.89. The summed E-state index contributed by atoms with van der Waals surface area (Å²) in [6.45, 7) is 6.49. The fraction of sp³-hybridized carbons (Fsp3) is 0.733. The van der Waals surface area contributed by atoms with E-state index in [1.807, 2.05) is 12.1 Å². The van der Waals surface area contributed by atoms with Gasteiger partial charge in [0.05, 0.1) is 12.4 Å². The summed E-state index contributed by atoms with van der Waals surface area (Å²) in [7, 11) is 0. The van der Waals surface area contributed by atoms with Gasteiger partial charge in [-0.25, -0.2) is 0 Å². The Kier molecular flexibility index (Phi) is 4.46. The van der Waals surface area contributed by atoms with Crippen molar-refractivity contribution in [1.82, 2.24) is 4.90 Å². The number of hydrogen-bond donors (Lipinski definition) is 1. The number of furan rings is 1. The maximum Gasteiger partial charge on any atom is 0.106 e. The molecule has 3 heteroatoms. The number of aliphatic hydroxyl groups is 1. The van der Waals surface area contributed by atoms with Crippen molar-refractivity contribution >= 4 is 0 Å². The van der Waals surface area contributed by atoms with E-state index < -0.39 is 0 Å². The van der Waals surface area contributed by atoms with Gasteiger partial charge in [0, 0.05) is 12.0 Å². The number of likely N-dealkylation sites (tertiary alicyclic amines) is 1. The molecule has 102 valence electrons. The van der Waals surface area contributed by atoms with Crippen molar-refractivity contribution in [1.29, 1.82) is 0 Å². The fourth-order valence-corrected chi connectivity index (χ4v) is 2.73. The Morgan fingerprint density at radius 1 is 1.28 bits per heavy atom. The third-order valence-electron chi connectivity index (χ3n) is 4.21. The van der Waals surface area contributed by atoms with Crippen molar-refractivity contribution in [3.8, 4) is 0 Å². The first kappa shape index (κ1) is 13.6. The predicted octanol–water partition coefficient (Wildman–Crippen LogP) is 2.84. The van der Waals surface area contributed by atoms with Crippen LogP contribution >= 0.6 is 0 Å². The maximum absolute atomic E-state index is 10.5. The van der Waals surface area contributed by atoms with E-state index >= 15 is 0 Å². The van der Waals surface area contributed by atoms with E-state index in [1.165, 1.54) is 25.7 Å². The van der Waals surface area contributed by atoms with Crippen LogP contribution in [0.4, 0.5) is 0 Å². The zero-order valence-corrected chi connectivity index (χ0v) is 11.6. The van der Waals surface area contributed by atoms with Gasteiger partial charge in [0.25, 0.3) is 0 Å². The van der Waals surface area contributed by atoms with Crippen molar-refractivity contribution in [3.05, 3.63) is 24.2 Å². The highest BCUT2D eigenvalue weighted by Gasteiger charge is 2.34. The standard InChI is InChI=1S/C15H25NO2/c1-15(2,16-9-5-3-4-6-10-16)14(17)12-13-8-7-11-18-13/h7-8,11,14,17H,3-6,9-10,12H2,1-2H3. The van der Waals surface area contributed by atoms with Gasteiger partial charge in [0.1, 0.15) is 5.76 Å². The summed E-state index contributed by atoms with van der Waals surface area (Å²) in [6, 6.07) is 3.81. The monoisotopic (exact) mass is 251 g/mol. The lowest BCUT2D eigenvalue weighted by atomic mass is 9.91. The van der Waals surface area contributed by atoms with E-state index in [9.17, 15) is 5.11 Å². The molecule has 1 aromatic heterocycles. The van der Waals surface area contributed by atoms with Gasteiger partial charge in [-0.3, -0.25) is 4.90 Å². The van der Waals surface area contributed by atoms with Gasteiger partial charge >= 0.3 is 0 Å². The van der Waals surface area contributed by atoms with E-state index in [2.05, 4.69) is 18.7 Å². The minimum Gasteiger partial charge on any atom is -0.469 e. The van der Waals surface area contributed by atoms with Crippen LogP contribution in [-0.2, 0) is 6.42 Å². The van der Waals surface area contributed by atoms with Crippen LogP contribution in [0, 0.1) is 0 Å². The Bertz CT molecular complexity index is 337. The summed E-state index contributed by atoms with van der Waals surface area (Å²) in [5, 5.41) is 10.5. The molecule has 0 aliphatic carbocycles. The highest BCUT2D eigenvalue weighted by molar-refractivity contribution is 5.03. The Morgan fingerprint density at radius 2 is 1.94 bits per heavy atom. The molecule has 1 aromatic rings. The first-order valence-corrected chi connectivity index (χ1v) is 7.06. The fourth-order valence-electron chi connectivity index (χ4n) is 2.73. The van der Waals surface area contributed by atoms with Gasteiger partial charge in [-0.2, -0.15) is 0 Å². The van der Waals surface area contributed by atoms with Gasteiger partial charge in [-0.1, -0.05) is 12.8 Å². The van der Waals surface area contributed by atoms with Crippen LogP contribution in [0.3, 0.4) is 0 Å². The molecule has 0 aromatic carbocycles. The molecule has 0 bridgehead atoms. The lowest BCUT2D eigenvalue weighted by molar-refractivity contribution is -0.0102. The van der Waals surface area contributed by atoms with Crippen LogP contribution in [-0.4, -0.2) is 34.7 Å². The quantitative estimate of drug-likeness (QED) is 0.894. The summed E-state index contributed by atoms with van der Waals surface area (Å²) in [5.74, 6) is 0.866. The average Bonchev–Trinajstić information content (AvgIpc) is 2.68. The van der Waals surface area contributed by atoms with Gasteiger partial charge in [0.15, 0.2) is 0 Å². The third-order valence-corrected chi connectivity index (χ3v) is 4.21. The van der Waals surface area contributed by atoms with E-state index in [1.54, 1.807) is 6.26 Å². The molecule has 0 amide bonds. The molecule has 1 N–H and O–H groups in total. The number of hydrogen-bond acceptors (Lipinski definition) is 3. The second-order valence-electron chi connectivity index (χ2n) is 5.85. The Balaban J connectivity index is 1.99. The first-order valence-electron chi connectivity index (χ1n) is 7.06. The van der Waals surface area contributed by atoms with Crippen molar-refractivity contribution in [2.45, 2.75) is 57.6 Å². The predicted molar refractivity (Wildman–Crippen MR) is 72.5 cm³/mol. The molecule has 18 heavy (non-hydrogen) atoms. The van der Waals surface area contributed by atoms with Gasteiger partial charge in [0.2, 0.25) is 0 Å². The zero-order valence-electron chi connectivity index (χ0n) is 11.6. The normalized spacial score (nSPS) is 20.6. The molecule has 1 aliphatic heterocycles. The Morgan fingerprint density at radius 3 is 2.50 bits per heavy atom. The number of aliphatic hydroxyl groups excluding tert-OH is 1. The average molecular weight is 251 g/mol. The van der Waals surface area contributed by atoms with Gasteiger partial charge in [-0.05, 0) is 51.9 Å². The van der Waals surface area contributed by atoms with Gasteiger partial charge < -0.3 is 9.52 Å². The summed E-state index contributed by atoms with van der Waals surface area (Å²) in [6.07, 6.45) is 7.01. The van der Waals surface area contributed by atoms with Crippen LogP contribution in [0.5, 0.6) is 0 Å². The van der Waals surface area contributed by atoms with Crippen LogP contribution in [0.15, 0.2) is 22.8 Å². The van der Waals surface area contributed by atoms with Crippen LogP contribution < -0.4 is 0 Å². The molecular formula is C15H25NO2. The van der Waals surface area contributed by atoms with Crippen molar-refractivity contribution in [2.24, 2.45) is 0 Å². The number of nitrogens with zero attached hydrogens (tertiary/aromatic N) is 1. The smallest absolute Gasteiger partial charge is 0.106 e. The summed E-state index contributed by atoms with van der Waals surface area (Å²) < 4.78 is 5.33. The molecule has 2 rings (SSSR count). The van der Waals surface area contributed by atoms with Crippen LogP contribution in [0.25, 0.3) is 0 Å². The minimum atomic E-state index is -0.387. The molecule has 1 atom stereocenters. The Labute approximate surface area is 110 Å². The molecular weight excluding hydrogens is 226 g/mol. The Hall–Kier alpha value is -0.800. The lowest BCUT2D eigenvalue weighted by Crippen LogP contribution is -2.53. The SMILES string of the molecule is CC(C)(C(O)Cc1ccco1)N1CCCCCC1. The van der Waals surface area contributed by atoms with Crippen molar-refractivity contribution in [2.75, 3.05) is 13.1 Å². The highest BCUT2D eigenvalue weighted by Crippen LogP contribution is 2.25. The van der Waals surface area contributed by atoms with E-state index in [4.69, 9.17) is 4.42 Å². The van der Waals surface area contributed by atoms with E-state index in [0.717, 1.165) is 18.8 Å².